The number of sulfonamides is 1. The molecule has 0 saturated carbocycles. The van der Waals surface area contributed by atoms with Gasteiger partial charge in [-0.1, -0.05) is 6.07 Å². The van der Waals surface area contributed by atoms with E-state index in [4.69, 9.17) is 9.47 Å². The minimum Gasteiger partial charge on any atom is -0.382 e. The van der Waals surface area contributed by atoms with Crippen molar-refractivity contribution in [2.75, 3.05) is 40.0 Å². The number of benzene rings is 1. The summed E-state index contributed by atoms with van der Waals surface area (Å²) in [6, 6.07) is 3.87. The molecule has 1 aliphatic rings. The van der Waals surface area contributed by atoms with Crippen LogP contribution in [0.15, 0.2) is 29.2 Å². The lowest BCUT2D eigenvalue weighted by Crippen LogP contribution is -2.39. The predicted octanol–water partition coefficient (Wildman–Crippen LogP) is 2.77. The van der Waals surface area contributed by atoms with Gasteiger partial charge in [0.1, 0.15) is 0 Å². The van der Waals surface area contributed by atoms with Crippen molar-refractivity contribution >= 4 is 10.0 Å². The highest BCUT2D eigenvalue weighted by Crippen LogP contribution is 2.32. The summed E-state index contributed by atoms with van der Waals surface area (Å²) in [5.41, 5.74) is -0.963. The number of rotatable bonds is 7. The van der Waals surface area contributed by atoms with Crippen LogP contribution in [-0.4, -0.2) is 52.7 Å². The van der Waals surface area contributed by atoms with Crippen LogP contribution in [0.1, 0.15) is 18.4 Å². The number of piperidine rings is 1. The Hall–Kier alpha value is -1.16. The molecule has 1 aliphatic heterocycles. The molecule has 2 rings (SSSR count). The number of hydrogen-bond acceptors (Lipinski definition) is 4. The molecule has 0 unspecified atom stereocenters. The SMILES string of the molecule is COCCOCC1CCN(S(=O)(=O)c2cccc(C(F)(F)F)c2)CC1. The molecule has 5 nitrogen and oxygen atoms in total. The van der Waals surface area contributed by atoms with Crippen LogP contribution < -0.4 is 0 Å². The molecule has 1 heterocycles. The van der Waals surface area contributed by atoms with Gasteiger partial charge in [-0.2, -0.15) is 17.5 Å². The zero-order valence-corrected chi connectivity index (χ0v) is 14.8. The molecule has 1 saturated heterocycles. The zero-order valence-electron chi connectivity index (χ0n) is 14.0. The maximum absolute atomic E-state index is 12.8. The largest absolute Gasteiger partial charge is 0.416 e. The first-order chi connectivity index (χ1) is 11.7. The maximum atomic E-state index is 12.8. The van der Waals surface area contributed by atoms with Gasteiger partial charge in [0.25, 0.3) is 0 Å². The average molecular weight is 381 g/mol. The Kier molecular flexibility index (Phi) is 6.84. The van der Waals surface area contributed by atoms with Crippen molar-refractivity contribution in [2.24, 2.45) is 5.92 Å². The lowest BCUT2D eigenvalue weighted by Gasteiger charge is -2.31. The van der Waals surface area contributed by atoms with Gasteiger partial charge in [-0.25, -0.2) is 8.42 Å². The molecule has 1 fully saturated rings. The molecule has 1 aromatic rings. The summed E-state index contributed by atoms with van der Waals surface area (Å²) in [7, 11) is -2.34. The van der Waals surface area contributed by atoms with Crippen LogP contribution in [0.5, 0.6) is 0 Å². The summed E-state index contributed by atoms with van der Waals surface area (Å²) >= 11 is 0. The molecule has 142 valence electrons. The van der Waals surface area contributed by atoms with E-state index in [9.17, 15) is 21.6 Å². The van der Waals surface area contributed by atoms with E-state index in [-0.39, 0.29) is 23.9 Å². The van der Waals surface area contributed by atoms with E-state index in [1.54, 1.807) is 7.11 Å². The first-order valence-electron chi connectivity index (χ1n) is 7.99. The van der Waals surface area contributed by atoms with E-state index in [0.717, 1.165) is 12.1 Å². The van der Waals surface area contributed by atoms with Crippen molar-refractivity contribution < 1.29 is 31.1 Å². The second kappa shape index (κ2) is 8.48. The third-order valence-electron chi connectivity index (χ3n) is 4.16. The molecular formula is C16H22F3NO4S. The van der Waals surface area contributed by atoms with Gasteiger partial charge in [0.2, 0.25) is 10.0 Å². The first-order valence-corrected chi connectivity index (χ1v) is 9.43. The molecule has 0 bridgehead atoms. The Labute approximate surface area is 145 Å². The molecule has 0 N–H and O–H groups in total. The smallest absolute Gasteiger partial charge is 0.382 e. The third-order valence-corrected chi connectivity index (χ3v) is 6.05. The van der Waals surface area contributed by atoms with Crippen LogP contribution in [-0.2, 0) is 25.7 Å². The Morgan fingerprint density at radius 1 is 1.20 bits per heavy atom. The van der Waals surface area contributed by atoms with Crippen LogP contribution >= 0.6 is 0 Å². The number of methoxy groups -OCH3 is 1. The van der Waals surface area contributed by atoms with Gasteiger partial charge in [0.05, 0.1) is 23.7 Å². The molecule has 0 aromatic heterocycles. The Morgan fingerprint density at radius 3 is 2.48 bits per heavy atom. The molecule has 0 atom stereocenters. The van der Waals surface area contributed by atoms with Crippen molar-refractivity contribution in [3.8, 4) is 0 Å². The number of halogens is 3. The van der Waals surface area contributed by atoms with Gasteiger partial charge in [0, 0.05) is 26.8 Å². The van der Waals surface area contributed by atoms with Crippen molar-refractivity contribution in [3.63, 3.8) is 0 Å². The highest BCUT2D eigenvalue weighted by Gasteiger charge is 2.34. The Balaban J connectivity index is 1.98. The molecule has 0 spiro atoms. The van der Waals surface area contributed by atoms with Crippen molar-refractivity contribution in [1.29, 1.82) is 0 Å². The Morgan fingerprint density at radius 2 is 1.88 bits per heavy atom. The fourth-order valence-corrected chi connectivity index (χ4v) is 4.21. The predicted molar refractivity (Wildman–Crippen MR) is 85.6 cm³/mol. The standard InChI is InChI=1S/C16H22F3NO4S/c1-23-9-10-24-12-13-5-7-20(8-6-13)25(21,22)15-4-2-3-14(11-15)16(17,18)19/h2-4,11,13H,5-10,12H2,1H3. The number of alkyl halides is 3. The normalized spacial score (nSPS) is 17.8. The molecule has 0 amide bonds. The summed E-state index contributed by atoms with van der Waals surface area (Å²) in [6.45, 7) is 2.07. The minimum absolute atomic E-state index is 0.241. The zero-order chi connectivity index (χ0) is 18.5. The fraction of sp³-hybridized carbons (Fsp3) is 0.625. The quantitative estimate of drug-likeness (QED) is 0.682. The van der Waals surface area contributed by atoms with Gasteiger partial charge in [-0.05, 0) is 37.0 Å². The molecular weight excluding hydrogens is 359 g/mol. The number of nitrogens with zero attached hydrogens (tertiary/aromatic N) is 1. The molecule has 0 aliphatic carbocycles. The first kappa shape index (κ1) is 20.2. The second-order valence-corrected chi connectivity index (χ2v) is 7.88. The van der Waals surface area contributed by atoms with E-state index < -0.39 is 21.8 Å². The maximum Gasteiger partial charge on any atom is 0.416 e. The lowest BCUT2D eigenvalue weighted by atomic mass is 9.99. The van der Waals surface area contributed by atoms with Gasteiger partial charge in [0.15, 0.2) is 0 Å². The van der Waals surface area contributed by atoms with Crippen molar-refractivity contribution in [3.05, 3.63) is 29.8 Å². The minimum atomic E-state index is -4.57. The summed E-state index contributed by atoms with van der Waals surface area (Å²) in [6.07, 6.45) is -3.34. The topological polar surface area (TPSA) is 55.8 Å². The van der Waals surface area contributed by atoms with Gasteiger partial charge in [-0.15, -0.1) is 0 Å². The van der Waals surface area contributed by atoms with Crippen molar-refractivity contribution in [1.82, 2.24) is 4.31 Å². The van der Waals surface area contributed by atoms with Crippen LogP contribution in [0.4, 0.5) is 13.2 Å². The summed E-state index contributed by atoms with van der Waals surface area (Å²) < 4.78 is 75.1. The second-order valence-electron chi connectivity index (χ2n) is 5.94. The monoisotopic (exact) mass is 381 g/mol. The van der Waals surface area contributed by atoms with Gasteiger partial charge >= 0.3 is 6.18 Å². The molecule has 1 aromatic carbocycles. The summed E-state index contributed by atoms with van der Waals surface area (Å²) in [5.74, 6) is 0.241. The van der Waals surface area contributed by atoms with E-state index in [1.165, 1.54) is 10.4 Å². The van der Waals surface area contributed by atoms with Crippen molar-refractivity contribution in [2.45, 2.75) is 23.9 Å². The van der Waals surface area contributed by atoms with E-state index in [1.807, 2.05) is 0 Å². The van der Waals surface area contributed by atoms with E-state index in [2.05, 4.69) is 0 Å². The lowest BCUT2D eigenvalue weighted by molar-refractivity contribution is -0.137. The highest BCUT2D eigenvalue weighted by atomic mass is 32.2. The van der Waals surface area contributed by atoms with Gasteiger partial charge < -0.3 is 9.47 Å². The average Bonchev–Trinajstić information content (AvgIpc) is 2.58. The molecule has 0 radical (unpaired) electrons. The van der Waals surface area contributed by atoms with Crippen LogP contribution in [0, 0.1) is 5.92 Å². The molecule has 9 heteroatoms. The Bertz CT molecular complexity index is 656. The van der Waals surface area contributed by atoms with Gasteiger partial charge in [-0.3, -0.25) is 0 Å². The summed E-state index contributed by atoms with van der Waals surface area (Å²) in [4.78, 5) is -0.322. The highest BCUT2D eigenvalue weighted by molar-refractivity contribution is 7.89. The number of hydrogen-bond donors (Lipinski definition) is 0. The fourth-order valence-electron chi connectivity index (χ4n) is 2.69. The number of ether oxygens (including phenoxy) is 2. The van der Waals surface area contributed by atoms with Crippen LogP contribution in [0.2, 0.25) is 0 Å². The third kappa shape index (κ3) is 5.40. The summed E-state index contributed by atoms with van der Waals surface area (Å²) in [5, 5.41) is 0. The van der Waals surface area contributed by atoms with Crippen LogP contribution in [0.25, 0.3) is 0 Å². The van der Waals surface area contributed by atoms with Crippen LogP contribution in [0.3, 0.4) is 0 Å². The van der Waals surface area contributed by atoms with E-state index >= 15 is 0 Å². The van der Waals surface area contributed by atoms with E-state index in [0.29, 0.717) is 38.7 Å². The molecule has 25 heavy (non-hydrogen) atoms.